The summed E-state index contributed by atoms with van der Waals surface area (Å²) in [5.41, 5.74) is 5.37. The Hall–Kier alpha value is -1.30. The number of halogens is 3. The van der Waals surface area contributed by atoms with Crippen molar-refractivity contribution in [2.45, 2.75) is 25.1 Å². The van der Waals surface area contributed by atoms with Crippen molar-refractivity contribution in [3.8, 4) is 0 Å². The van der Waals surface area contributed by atoms with Crippen molar-refractivity contribution in [3.63, 3.8) is 0 Å². The largest absolute Gasteiger partial charge is 0.433 e. The van der Waals surface area contributed by atoms with Crippen LogP contribution in [0.4, 0.5) is 18.9 Å². The molecule has 0 aromatic carbocycles. The number of alkyl halides is 3. The summed E-state index contributed by atoms with van der Waals surface area (Å²) in [6, 6.07) is 2.52. The number of anilines is 1. The van der Waals surface area contributed by atoms with Crippen molar-refractivity contribution in [2.75, 3.05) is 11.9 Å². The number of nitrogens with two attached hydrogens (primary N) is 1. The van der Waals surface area contributed by atoms with Gasteiger partial charge in [0, 0.05) is 24.5 Å². The smallest absolute Gasteiger partial charge is 0.383 e. The van der Waals surface area contributed by atoms with Gasteiger partial charge in [0.1, 0.15) is 5.69 Å². The van der Waals surface area contributed by atoms with E-state index in [-0.39, 0.29) is 6.04 Å². The number of nitrogens with zero attached hydrogens (tertiary/aromatic N) is 1. The molecule has 1 aromatic heterocycles. The first-order chi connectivity index (χ1) is 7.97. The van der Waals surface area contributed by atoms with E-state index in [2.05, 4.69) is 10.3 Å². The minimum atomic E-state index is -4.41. The molecular weight excluding hydrogens is 231 g/mol. The Kier molecular flexibility index (Phi) is 3.24. The van der Waals surface area contributed by atoms with Crippen LogP contribution in [0.3, 0.4) is 0 Å². The molecule has 0 radical (unpaired) electrons. The van der Waals surface area contributed by atoms with Gasteiger partial charge in [0.05, 0.1) is 0 Å². The third kappa shape index (κ3) is 3.33. The van der Waals surface area contributed by atoms with Crippen molar-refractivity contribution < 1.29 is 13.2 Å². The third-order valence-electron chi connectivity index (χ3n) is 2.82. The molecule has 0 spiro atoms. The van der Waals surface area contributed by atoms with E-state index in [0.717, 1.165) is 25.1 Å². The Balaban J connectivity index is 1.96. The van der Waals surface area contributed by atoms with Crippen LogP contribution in [0.2, 0.25) is 0 Å². The first-order valence-corrected chi connectivity index (χ1v) is 5.49. The number of aromatic nitrogens is 1. The van der Waals surface area contributed by atoms with Crippen molar-refractivity contribution in [1.29, 1.82) is 0 Å². The first kappa shape index (κ1) is 12.2. The lowest BCUT2D eigenvalue weighted by molar-refractivity contribution is -0.141. The fraction of sp³-hybridized carbons (Fsp3) is 0.545. The van der Waals surface area contributed by atoms with E-state index in [9.17, 15) is 13.2 Å². The topological polar surface area (TPSA) is 50.9 Å². The van der Waals surface area contributed by atoms with Gasteiger partial charge >= 0.3 is 6.18 Å². The maximum absolute atomic E-state index is 12.4. The monoisotopic (exact) mass is 245 g/mol. The molecule has 1 aliphatic rings. The summed E-state index contributed by atoms with van der Waals surface area (Å²) in [4.78, 5) is 3.29. The highest BCUT2D eigenvalue weighted by Gasteiger charge is 2.32. The number of rotatable bonds is 4. The highest BCUT2D eigenvalue weighted by molar-refractivity contribution is 5.43. The highest BCUT2D eigenvalue weighted by atomic mass is 19.4. The van der Waals surface area contributed by atoms with Gasteiger partial charge in [0.25, 0.3) is 0 Å². The van der Waals surface area contributed by atoms with Gasteiger partial charge < -0.3 is 11.1 Å². The van der Waals surface area contributed by atoms with Crippen molar-refractivity contribution >= 4 is 5.69 Å². The molecule has 2 rings (SSSR count). The summed E-state index contributed by atoms with van der Waals surface area (Å²) in [5, 5.41) is 2.91. The first-order valence-electron chi connectivity index (χ1n) is 5.49. The molecule has 1 atom stereocenters. The molecule has 0 bridgehead atoms. The lowest BCUT2D eigenvalue weighted by Crippen LogP contribution is -2.31. The second kappa shape index (κ2) is 4.52. The van der Waals surface area contributed by atoms with E-state index >= 15 is 0 Å². The number of nitrogens with one attached hydrogen (secondary N) is 1. The van der Waals surface area contributed by atoms with Gasteiger partial charge in [-0.2, -0.15) is 13.2 Å². The SMILES string of the molecule is NC(CNc1ccnc(C(F)(F)F)c1)C1CC1. The van der Waals surface area contributed by atoms with Gasteiger partial charge in [-0.25, -0.2) is 0 Å². The molecule has 3 N–H and O–H groups in total. The van der Waals surface area contributed by atoms with Gasteiger partial charge in [0.2, 0.25) is 0 Å². The van der Waals surface area contributed by atoms with Crippen LogP contribution in [-0.4, -0.2) is 17.6 Å². The fourth-order valence-electron chi connectivity index (χ4n) is 1.62. The molecule has 6 heteroatoms. The second-order valence-electron chi connectivity index (χ2n) is 4.31. The maximum Gasteiger partial charge on any atom is 0.433 e. The lowest BCUT2D eigenvalue weighted by Gasteiger charge is -2.13. The molecule has 94 valence electrons. The maximum atomic E-state index is 12.4. The normalized spacial score (nSPS) is 17.9. The fourth-order valence-corrected chi connectivity index (χ4v) is 1.62. The van der Waals surface area contributed by atoms with E-state index in [1.807, 2.05) is 0 Å². The summed E-state index contributed by atoms with van der Waals surface area (Å²) in [6.45, 7) is 0.492. The molecule has 0 amide bonds. The Bertz CT molecular complexity index is 388. The van der Waals surface area contributed by atoms with E-state index in [4.69, 9.17) is 5.73 Å². The highest BCUT2D eigenvalue weighted by Crippen LogP contribution is 2.32. The molecule has 0 aliphatic heterocycles. The van der Waals surface area contributed by atoms with E-state index < -0.39 is 11.9 Å². The zero-order chi connectivity index (χ0) is 12.5. The van der Waals surface area contributed by atoms with Crippen LogP contribution >= 0.6 is 0 Å². The van der Waals surface area contributed by atoms with Crippen LogP contribution < -0.4 is 11.1 Å². The minimum Gasteiger partial charge on any atom is -0.383 e. The number of hydrogen-bond donors (Lipinski definition) is 2. The molecular formula is C11H14F3N3. The van der Waals surface area contributed by atoms with Crippen LogP contribution in [0, 0.1) is 5.92 Å². The Labute approximate surface area is 97.2 Å². The predicted molar refractivity (Wildman–Crippen MR) is 58.4 cm³/mol. The predicted octanol–water partition coefficient (Wildman–Crippen LogP) is 2.25. The quantitative estimate of drug-likeness (QED) is 0.855. The van der Waals surface area contributed by atoms with E-state index in [1.54, 1.807) is 0 Å². The van der Waals surface area contributed by atoms with Gasteiger partial charge in [-0.1, -0.05) is 0 Å². The summed E-state index contributed by atoms with van der Waals surface area (Å²) in [5.74, 6) is 0.520. The van der Waals surface area contributed by atoms with Crippen molar-refractivity contribution in [3.05, 3.63) is 24.0 Å². The summed E-state index contributed by atoms with van der Waals surface area (Å²) < 4.78 is 37.2. The zero-order valence-electron chi connectivity index (χ0n) is 9.17. The van der Waals surface area contributed by atoms with Crippen molar-refractivity contribution in [2.24, 2.45) is 11.7 Å². The molecule has 1 heterocycles. The molecule has 17 heavy (non-hydrogen) atoms. The Morgan fingerprint density at radius 1 is 1.47 bits per heavy atom. The third-order valence-corrected chi connectivity index (χ3v) is 2.82. The average Bonchev–Trinajstić information content (AvgIpc) is 3.09. The summed E-state index contributed by atoms with van der Waals surface area (Å²) in [6.07, 6.45) is -1.02. The molecule has 1 fully saturated rings. The lowest BCUT2D eigenvalue weighted by atomic mass is 10.2. The number of pyridine rings is 1. The standard InChI is InChI=1S/C11H14F3N3/c12-11(13,14)10-5-8(3-4-16-10)17-6-9(15)7-1-2-7/h3-5,7,9H,1-2,6,15H2,(H,16,17). The van der Waals surface area contributed by atoms with Gasteiger partial charge in [-0.15, -0.1) is 0 Å². The molecule has 3 nitrogen and oxygen atoms in total. The van der Waals surface area contributed by atoms with E-state index in [1.165, 1.54) is 6.07 Å². The zero-order valence-corrected chi connectivity index (χ0v) is 9.17. The Morgan fingerprint density at radius 3 is 2.76 bits per heavy atom. The van der Waals surface area contributed by atoms with Crippen LogP contribution in [-0.2, 0) is 6.18 Å². The molecule has 1 aromatic rings. The average molecular weight is 245 g/mol. The molecule has 1 aliphatic carbocycles. The van der Waals surface area contributed by atoms with Crippen LogP contribution in [0.25, 0.3) is 0 Å². The second-order valence-corrected chi connectivity index (χ2v) is 4.31. The Morgan fingerprint density at radius 2 is 2.18 bits per heavy atom. The van der Waals surface area contributed by atoms with Crippen LogP contribution in [0.5, 0.6) is 0 Å². The summed E-state index contributed by atoms with van der Waals surface area (Å²) >= 11 is 0. The molecule has 0 saturated heterocycles. The van der Waals surface area contributed by atoms with E-state index in [0.29, 0.717) is 18.2 Å². The van der Waals surface area contributed by atoms with Gasteiger partial charge in [-0.05, 0) is 30.9 Å². The minimum absolute atomic E-state index is 0.0116. The molecule has 1 unspecified atom stereocenters. The van der Waals surface area contributed by atoms with Gasteiger partial charge in [0.15, 0.2) is 0 Å². The van der Waals surface area contributed by atoms with Crippen LogP contribution in [0.1, 0.15) is 18.5 Å². The van der Waals surface area contributed by atoms with Crippen molar-refractivity contribution in [1.82, 2.24) is 4.98 Å². The van der Waals surface area contributed by atoms with Gasteiger partial charge in [-0.3, -0.25) is 4.98 Å². The number of hydrogen-bond acceptors (Lipinski definition) is 3. The molecule has 1 saturated carbocycles. The van der Waals surface area contributed by atoms with Crippen LogP contribution in [0.15, 0.2) is 18.3 Å². The summed E-state index contributed by atoms with van der Waals surface area (Å²) in [7, 11) is 0.